The highest BCUT2D eigenvalue weighted by atomic mass is 16.1. The Morgan fingerprint density at radius 1 is 1.00 bits per heavy atom. The van der Waals surface area contributed by atoms with Crippen molar-refractivity contribution in [2.24, 2.45) is 0 Å². The standard InChI is InChI=1S/C20H23NO/c1-3-5-6-7-16-8-10-17(11-9-16)18-12-14-19(15-13-18)21-20(22)4-2/h4,8-15H,2-3,5-7H2,1H3,(H,21,22). The van der Waals surface area contributed by atoms with Crippen LogP contribution in [0.2, 0.25) is 0 Å². The first-order valence-electron chi connectivity index (χ1n) is 7.85. The molecule has 2 heteroatoms. The Morgan fingerprint density at radius 3 is 2.14 bits per heavy atom. The third kappa shape index (κ3) is 4.59. The van der Waals surface area contributed by atoms with Gasteiger partial charge in [-0.25, -0.2) is 0 Å². The number of amides is 1. The van der Waals surface area contributed by atoms with Gasteiger partial charge >= 0.3 is 0 Å². The zero-order chi connectivity index (χ0) is 15.8. The quantitative estimate of drug-likeness (QED) is 0.551. The van der Waals surface area contributed by atoms with Gasteiger partial charge in [0.05, 0.1) is 0 Å². The Morgan fingerprint density at radius 2 is 1.59 bits per heavy atom. The van der Waals surface area contributed by atoms with Crippen molar-refractivity contribution >= 4 is 11.6 Å². The van der Waals surface area contributed by atoms with Crippen LogP contribution in [-0.4, -0.2) is 5.91 Å². The van der Waals surface area contributed by atoms with Gasteiger partial charge in [-0.2, -0.15) is 0 Å². The van der Waals surface area contributed by atoms with E-state index in [1.807, 2.05) is 24.3 Å². The lowest BCUT2D eigenvalue weighted by atomic mass is 10.0. The molecule has 0 spiro atoms. The molecule has 0 aliphatic carbocycles. The van der Waals surface area contributed by atoms with Crippen LogP contribution < -0.4 is 5.32 Å². The molecule has 0 radical (unpaired) electrons. The Hall–Kier alpha value is -2.35. The number of anilines is 1. The number of hydrogen-bond acceptors (Lipinski definition) is 1. The number of carbonyl (C=O) groups is 1. The lowest BCUT2D eigenvalue weighted by molar-refractivity contribution is -0.111. The maximum Gasteiger partial charge on any atom is 0.247 e. The SMILES string of the molecule is C=CC(=O)Nc1ccc(-c2ccc(CCCCC)cc2)cc1. The van der Waals surface area contributed by atoms with Gasteiger partial charge in [-0.3, -0.25) is 4.79 Å². The predicted molar refractivity (Wildman–Crippen MR) is 93.9 cm³/mol. The van der Waals surface area contributed by atoms with Crippen LogP contribution in [-0.2, 0) is 11.2 Å². The molecule has 1 amide bonds. The molecule has 0 unspecified atom stereocenters. The van der Waals surface area contributed by atoms with E-state index < -0.39 is 0 Å². The highest BCUT2D eigenvalue weighted by molar-refractivity contribution is 5.98. The minimum Gasteiger partial charge on any atom is -0.323 e. The average molecular weight is 293 g/mol. The Balaban J connectivity index is 2.02. The normalized spacial score (nSPS) is 10.2. The fraction of sp³-hybridized carbons (Fsp3) is 0.250. The molecule has 0 bridgehead atoms. The van der Waals surface area contributed by atoms with Gasteiger partial charge in [-0.15, -0.1) is 0 Å². The van der Waals surface area contributed by atoms with E-state index >= 15 is 0 Å². The van der Waals surface area contributed by atoms with Crippen LogP contribution in [0, 0.1) is 0 Å². The smallest absolute Gasteiger partial charge is 0.247 e. The van der Waals surface area contributed by atoms with E-state index in [9.17, 15) is 4.79 Å². The minimum atomic E-state index is -0.191. The highest BCUT2D eigenvalue weighted by Crippen LogP contribution is 2.22. The summed E-state index contributed by atoms with van der Waals surface area (Å²) in [6, 6.07) is 16.6. The van der Waals surface area contributed by atoms with Crippen LogP contribution in [0.4, 0.5) is 5.69 Å². The first-order chi connectivity index (χ1) is 10.7. The van der Waals surface area contributed by atoms with Crippen LogP contribution >= 0.6 is 0 Å². The molecule has 0 aliphatic rings. The molecule has 1 N–H and O–H groups in total. The minimum absolute atomic E-state index is 0.191. The van der Waals surface area contributed by atoms with Crippen LogP contribution in [0.15, 0.2) is 61.2 Å². The molecule has 0 fully saturated rings. The number of aryl methyl sites for hydroxylation is 1. The molecule has 0 aliphatic heterocycles. The zero-order valence-corrected chi connectivity index (χ0v) is 13.1. The largest absolute Gasteiger partial charge is 0.323 e. The van der Waals surface area contributed by atoms with Crippen LogP contribution in [0.3, 0.4) is 0 Å². The summed E-state index contributed by atoms with van der Waals surface area (Å²) < 4.78 is 0. The summed E-state index contributed by atoms with van der Waals surface area (Å²) in [5.41, 5.74) is 4.52. The van der Waals surface area contributed by atoms with E-state index in [1.165, 1.54) is 36.5 Å². The van der Waals surface area contributed by atoms with Gasteiger partial charge in [0.15, 0.2) is 0 Å². The Kier molecular flexibility index (Phi) is 5.96. The molecule has 114 valence electrons. The van der Waals surface area contributed by atoms with Crippen molar-refractivity contribution < 1.29 is 4.79 Å². The van der Waals surface area contributed by atoms with Gasteiger partial charge < -0.3 is 5.32 Å². The van der Waals surface area contributed by atoms with E-state index in [4.69, 9.17) is 0 Å². The van der Waals surface area contributed by atoms with Crippen molar-refractivity contribution in [1.82, 2.24) is 0 Å². The van der Waals surface area contributed by atoms with Crippen molar-refractivity contribution in [3.63, 3.8) is 0 Å². The van der Waals surface area contributed by atoms with E-state index in [0.717, 1.165) is 17.7 Å². The van der Waals surface area contributed by atoms with Gasteiger partial charge in [0, 0.05) is 5.69 Å². The summed E-state index contributed by atoms with van der Waals surface area (Å²) in [5, 5.41) is 2.75. The van der Waals surface area contributed by atoms with Gasteiger partial charge in [-0.1, -0.05) is 62.7 Å². The molecule has 22 heavy (non-hydrogen) atoms. The molecule has 0 aromatic heterocycles. The summed E-state index contributed by atoms with van der Waals surface area (Å²) in [4.78, 5) is 11.3. The van der Waals surface area contributed by atoms with Crippen molar-refractivity contribution in [1.29, 1.82) is 0 Å². The first kappa shape index (κ1) is 16.0. The Bertz CT molecular complexity index is 611. The molecule has 0 saturated carbocycles. The van der Waals surface area contributed by atoms with E-state index in [-0.39, 0.29) is 5.91 Å². The maximum atomic E-state index is 11.3. The highest BCUT2D eigenvalue weighted by Gasteiger charge is 2.01. The number of unbranched alkanes of at least 4 members (excludes halogenated alkanes) is 2. The third-order valence-electron chi connectivity index (χ3n) is 3.69. The van der Waals surface area contributed by atoms with Crippen molar-refractivity contribution in [3.8, 4) is 11.1 Å². The second-order valence-corrected chi connectivity index (χ2v) is 5.42. The number of carbonyl (C=O) groups excluding carboxylic acids is 1. The van der Waals surface area contributed by atoms with Gasteiger partial charge in [-0.05, 0) is 47.7 Å². The van der Waals surface area contributed by atoms with E-state index in [0.29, 0.717) is 0 Å². The van der Waals surface area contributed by atoms with Crippen LogP contribution in [0.25, 0.3) is 11.1 Å². The van der Waals surface area contributed by atoms with Crippen LogP contribution in [0.5, 0.6) is 0 Å². The summed E-state index contributed by atoms with van der Waals surface area (Å²) in [7, 11) is 0. The van der Waals surface area contributed by atoms with E-state index in [1.54, 1.807) is 0 Å². The first-order valence-corrected chi connectivity index (χ1v) is 7.85. The number of benzene rings is 2. The number of nitrogens with one attached hydrogen (secondary N) is 1. The third-order valence-corrected chi connectivity index (χ3v) is 3.69. The molecule has 2 rings (SSSR count). The monoisotopic (exact) mass is 293 g/mol. The molecular weight excluding hydrogens is 270 g/mol. The summed E-state index contributed by atoms with van der Waals surface area (Å²) in [6.07, 6.45) is 6.23. The molecule has 2 aromatic rings. The molecular formula is C20H23NO. The van der Waals surface area contributed by atoms with Gasteiger partial charge in [0.2, 0.25) is 5.91 Å². The summed E-state index contributed by atoms with van der Waals surface area (Å²) >= 11 is 0. The second-order valence-electron chi connectivity index (χ2n) is 5.42. The number of hydrogen-bond donors (Lipinski definition) is 1. The van der Waals surface area contributed by atoms with Crippen molar-refractivity contribution in [2.45, 2.75) is 32.6 Å². The molecule has 0 atom stereocenters. The zero-order valence-electron chi connectivity index (χ0n) is 13.1. The molecule has 0 heterocycles. The number of rotatable bonds is 7. The lowest BCUT2D eigenvalue weighted by Gasteiger charge is -2.06. The van der Waals surface area contributed by atoms with Gasteiger partial charge in [0.1, 0.15) is 0 Å². The van der Waals surface area contributed by atoms with Crippen molar-refractivity contribution in [3.05, 3.63) is 66.7 Å². The molecule has 2 aromatic carbocycles. The fourth-order valence-electron chi connectivity index (χ4n) is 2.38. The van der Waals surface area contributed by atoms with Gasteiger partial charge in [0.25, 0.3) is 0 Å². The molecule has 0 saturated heterocycles. The average Bonchev–Trinajstić information content (AvgIpc) is 2.56. The van der Waals surface area contributed by atoms with E-state index in [2.05, 4.69) is 43.1 Å². The van der Waals surface area contributed by atoms with Crippen molar-refractivity contribution in [2.75, 3.05) is 5.32 Å². The Labute approximate surface area is 132 Å². The maximum absolute atomic E-state index is 11.3. The summed E-state index contributed by atoms with van der Waals surface area (Å²) in [5.74, 6) is -0.191. The fourth-order valence-corrected chi connectivity index (χ4v) is 2.38. The molecule has 2 nitrogen and oxygen atoms in total. The van der Waals surface area contributed by atoms with Crippen LogP contribution in [0.1, 0.15) is 31.7 Å². The topological polar surface area (TPSA) is 29.1 Å². The summed E-state index contributed by atoms with van der Waals surface area (Å²) in [6.45, 7) is 5.67. The second kappa shape index (κ2) is 8.18. The predicted octanol–water partition coefficient (Wildman–Crippen LogP) is 5.21. The lowest BCUT2D eigenvalue weighted by Crippen LogP contribution is -2.06.